The zero-order valence-electron chi connectivity index (χ0n) is 8.73. The summed E-state index contributed by atoms with van der Waals surface area (Å²) in [5.74, 6) is 1.80. The van der Waals surface area contributed by atoms with E-state index >= 15 is 0 Å². The van der Waals surface area contributed by atoms with Crippen molar-refractivity contribution in [1.29, 1.82) is 5.26 Å². The summed E-state index contributed by atoms with van der Waals surface area (Å²) in [4.78, 5) is 0. The summed E-state index contributed by atoms with van der Waals surface area (Å²) >= 11 is 0. The van der Waals surface area contributed by atoms with Gasteiger partial charge >= 0.3 is 0 Å². The number of nitrogens with zero attached hydrogens (tertiary/aromatic N) is 1. The Morgan fingerprint density at radius 3 is 3.27 bits per heavy atom. The van der Waals surface area contributed by atoms with E-state index in [1.54, 1.807) is 0 Å². The van der Waals surface area contributed by atoms with Crippen LogP contribution in [0.4, 0.5) is 0 Å². The Morgan fingerprint density at radius 2 is 2.40 bits per heavy atom. The van der Waals surface area contributed by atoms with Gasteiger partial charge in [-0.25, -0.2) is 0 Å². The smallest absolute Gasteiger partial charge is 0.0943 e. The molecule has 2 aliphatic carbocycles. The van der Waals surface area contributed by atoms with Crippen molar-refractivity contribution < 1.29 is 4.74 Å². The molecule has 0 saturated carbocycles. The summed E-state index contributed by atoms with van der Waals surface area (Å²) in [7, 11) is 0. The second-order valence-corrected chi connectivity index (χ2v) is 4.81. The number of rotatable bonds is 0. The standard InChI is InChI=1S/C13H15NO/c14-7-9-5-10-8-15-13-4-2-1-3-11(13)12(10)6-9/h2,4,6,10-13H,1,3,5,8H2. The predicted octanol–water partition coefficient (Wildman–Crippen LogP) is 2.44. The van der Waals surface area contributed by atoms with Gasteiger partial charge in [-0.15, -0.1) is 0 Å². The van der Waals surface area contributed by atoms with Crippen molar-refractivity contribution in [3.63, 3.8) is 0 Å². The summed E-state index contributed by atoms with van der Waals surface area (Å²) < 4.78 is 5.86. The van der Waals surface area contributed by atoms with Gasteiger partial charge in [-0.3, -0.25) is 0 Å². The third kappa shape index (κ3) is 1.42. The van der Waals surface area contributed by atoms with Crippen molar-refractivity contribution in [2.24, 2.45) is 17.8 Å². The van der Waals surface area contributed by atoms with Crippen LogP contribution >= 0.6 is 0 Å². The van der Waals surface area contributed by atoms with Crippen LogP contribution in [0, 0.1) is 29.1 Å². The molecular weight excluding hydrogens is 186 g/mol. The molecule has 1 heterocycles. The van der Waals surface area contributed by atoms with Crippen LogP contribution < -0.4 is 0 Å². The first-order valence-electron chi connectivity index (χ1n) is 5.77. The zero-order valence-corrected chi connectivity index (χ0v) is 8.73. The Bertz CT molecular complexity index is 363. The van der Waals surface area contributed by atoms with Crippen LogP contribution in [-0.4, -0.2) is 12.7 Å². The number of nitriles is 1. The third-order valence-electron chi connectivity index (χ3n) is 3.98. The fourth-order valence-electron chi connectivity index (χ4n) is 3.23. The molecule has 0 aromatic heterocycles. The van der Waals surface area contributed by atoms with Crippen molar-refractivity contribution in [3.05, 3.63) is 23.8 Å². The van der Waals surface area contributed by atoms with Crippen LogP contribution in [0.5, 0.6) is 0 Å². The van der Waals surface area contributed by atoms with Gasteiger partial charge < -0.3 is 4.74 Å². The molecule has 15 heavy (non-hydrogen) atoms. The Labute approximate surface area is 90.2 Å². The highest BCUT2D eigenvalue weighted by Gasteiger charge is 2.41. The minimum Gasteiger partial charge on any atom is -0.374 e. The molecule has 0 radical (unpaired) electrons. The maximum atomic E-state index is 8.94. The van der Waals surface area contributed by atoms with E-state index < -0.39 is 0 Å². The highest BCUT2D eigenvalue weighted by molar-refractivity contribution is 5.29. The quantitative estimate of drug-likeness (QED) is 0.564. The van der Waals surface area contributed by atoms with E-state index in [2.05, 4.69) is 24.3 Å². The largest absolute Gasteiger partial charge is 0.374 e. The molecular formula is C13H15NO. The summed E-state index contributed by atoms with van der Waals surface area (Å²) in [6, 6.07) is 2.30. The molecule has 1 saturated heterocycles. The van der Waals surface area contributed by atoms with Gasteiger partial charge in [-0.05, 0) is 37.0 Å². The summed E-state index contributed by atoms with van der Waals surface area (Å²) in [6.07, 6.45) is 10.3. The first-order chi connectivity index (χ1) is 7.38. The van der Waals surface area contributed by atoms with Crippen molar-refractivity contribution in [3.8, 4) is 6.07 Å². The lowest BCUT2D eigenvalue weighted by Gasteiger charge is -2.40. The van der Waals surface area contributed by atoms with E-state index in [1.165, 1.54) is 12.8 Å². The third-order valence-corrected chi connectivity index (χ3v) is 3.98. The molecule has 1 aliphatic heterocycles. The van der Waals surface area contributed by atoms with Crippen LogP contribution in [0.2, 0.25) is 0 Å². The highest BCUT2D eigenvalue weighted by Crippen LogP contribution is 2.44. The van der Waals surface area contributed by atoms with Crippen molar-refractivity contribution in [2.75, 3.05) is 6.61 Å². The van der Waals surface area contributed by atoms with Crippen molar-refractivity contribution in [1.82, 2.24) is 0 Å². The minimum atomic E-state index is 0.314. The van der Waals surface area contributed by atoms with E-state index in [1.807, 2.05) is 0 Å². The van der Waals surface area contributed by atoms with E-state index in [4.69, 9.17) is 10.00 Å². The van der Waals surface area contributed by atoms with Crippen LogP contribution in [-0.2, 0) is 4.74 Å². The lowest BCUT2D eigenvalue weighted by Crippen LogP contribution is -2.40. The number of fused-ring (bicyclic) bond motifs is 3. The molecule has 78 valence electrons. The minimum absolute atomic E-state index is 0.314. The maximum absolute atomic E-state index is 8.94. The molecule has 3 rings (SSSR count). The molecule has 2 heteroatoms. The Balaban J connectivity index is 1.87. The topological polar surface area (TPSA) is 33.0 Å². The first kappa shape index (κ1) is 9.18. The number of hydrogen-bond donors (Lipinski definition) is 0. The zero-order chi connectivity index (χ0) is 10.3. The fourth-order valence-corrected chi connectivity index (χ4v) is 3.23. The van der Waals surface area contributed by atoms with Gasteiger partial charge in [0.1, 0.15) is 0 Å². The van der Waals surface area contributed by atoms with Crippen LogP contribution in [0.1, 0.15) is 19.3 Å². The Kier molecular flexibility index (Phi) is 2.14. The highest BCUT2D eigenvalue weighted by atomic mass is 16.5. The molecule has 4 atom stereocenters. The van der Waals surface area contributed by atoms with Gasteiger partial charge in [0.05, 0.1) is 18.8 Å². The van der Waals surface area contributed by atoms with Crippen LogP contribution in [0.3, 0.4) is 0 Å². The Morgan fingerprint density at radius 1 is 1.47 bits per heavy atom. The molecule has 1 fully saturated rings. The lowest BCUT2D eigenvalue weighted by atomic mass is 9.74. The second kappa shape index (κ2) is 3.50. The lowest BCUT2D eigenvalue weighted by molar-refractivity contribution is -0.0552. The molecule has 0 N–H and O–H groups in total. The molecule has 3 aliphatic rings. The molecule has 0 aromatic rings. The molecule has 0 amide bonds. The molecule has 0 aromatic carbocycles. The SMILES string of the molecule is N#CC1=CC2C(COC3C=CCCC32)C1. The van der Waals surface area contributed by atoms with Gasteiger partial charge in [0.2, 0.25) is 0 Å². The molecule has 0 bridgehead atoms. The molecule has 2 nitrogen and oxygen atoms in total. The second-order valence-electron chi connectivity index (χ2n) is 4.81. The van der Waals surface area contributed by atoms with Gasteiger partial charge in [0.15, 0.2) is 0 Å². The Hall–Kier alpha value is -1.07. The number of allylic oxidation sites excluding steroid dienone is 3. The molecule has 4 unspecified atom stereocenters. The summed E-state index contributed by atoms with van der Waals surface area (Å²) in [6.45, 7) is 0.831. The average Bonchev–Trinajstić information content (AvgIpc) is 2.72. The maximum Gasteiger partial charge on any atom is 0.0943 e. The predicted molar refractivity (Wildman–Crippen MR) is 56.9 cm³/mol. The average molecular weight is 201 g/mol. The normalized spacial score (nSPS) is 42.7. The first-order valence-corrected chi connectivity index (χ1v) is 5.77. The van der Waals surface area contributed by atoms with Crippen LogP contribution in [0.15, 0.2) is 23.8 Å². The summed E-state index contributed by atoms with van der Waals surface area (Å²) in [5, 5.41) is 8.94. The van der Waals surface area contributed by atoms with E-state index in [-0.39, 0.29) is 0 Å². The van der Waals surface area contributed by atoms with Crippen molar-refractivity contribution in [2.45, 2.75) is 25.4 Å². The van der Waals surface area contributed by atoms with E-state index in [0.29, 0.717) is 23.9 Å². The fraction of sp³-hybridized carbons (Fsp3) is 0.615. The molecule has 0 spiro atoms. The van der Waals surface area contributed by atoms with Gasteiger partial charge in [-0.1, -0.05) is 18.2 Å². The van der Waals surface area contributed by atoms with Gasteiger partial charge in [0.25, 0.3) is 0 Å². The van der Waals surface area contributed by atoms with Gasteiger partial charge in [-0.2, -0.15) is 5.26 Å². The summed E-state index contributed by atoms with van der Waals surface area (Å²) in [5.41, 5.74) is 0.976. The monoisotopic (exact) mass is 201 g/mol. The number of ether oxygens (including phenoxy) is 1. The van der Waals surface area contributed by atoms with E-state index in [0.717, 1.165) is 18.6 Å². The van der Waals surface area contributed by atoms with E-state index in [9.17, 15) is 0 Å². The van der Waals surface area contributed by atoms with Gasteiger partial charge in [0, 0.05) is 5.57 Å². The number of hydrogen-bond acceptors (Lipinski definition) is 2. The van der Waals surface area contributed by atoms with Crippen LogP contribution in [0.25, 0.3) is 0 Å². The van der Waals surface area contributed by atoms with Crippen molar-refractivity contribution >= 4 is 0 Å².